The second kappa shape index (κ2) is 4.02. The van der Waals surface area contributed by atoms with Crippen LogP contribution in [-0.4, -0.2) is 29.2 Å². The summed E-state index contributed by atoms with van der Waals surface area (Å²) in [6.45, 7) is 0.755. The smallest absolute Gasteiger partial charge is 0.152 e. The highest BCUT2D eigenvalue weighted by Gasteiger charge is 2.36. The van der Waals surface area contributed by atoms with Gasteiger partial charge in [0, 0.05) is 13.7 Å². The van der Waals surface area contributed by atoms with E-state index in [0.29, 0.717) is 11.5 Å². The van der Waals surface area contributed by atoms with Crippen molar-refractivity contribution in [2.24, 2.45) is 0 Å². The Bertz CT molecular complexity index is 332. The Hall–Kier alpha value is -1.36. The van der Waals surface area contributed by atoms with Crippen molar-refractivity contribution in [1.29, 1.82) is 0 Å². The van der Waals surface area contributed by atoms with E-state index >= 15 is 0 Å². The zero-order valence-electron chi connectivity index (χ0n) is 8.86. The van der Waals surface area contributed by atoms with Gasteiger partial charge in [-0.2, -0.15) is 0 Å². The number of nitrogens with one attached hydrogen (secondary N) is 1. The summed E-state index contributed by atoms with van der Waals surface area (Å²) in [5.41, 5.74) is 6.28. The maximum atomic E-state index is 5.72. The quantitative estimate of drug-likeness (QED) is 0.773. The van der Waals surface area contributed by atoms with Crippen LogP contribution in [0.25, 0.3) is 0 Å². The zero-order chi connectivity index (χ0) is 10.7. The fraction of sp³-hybridized carbons (Fsp3) is 0.600. The number of ether oxygens (including phenoxy) is 1. The first-order valence-corrected chi connectivity index (χ1v) is 5.10. The molecule has 0 amide bonds. The standard InChI is InChI=1S/C10H16N4O/c1-15-10(3-2-4-10)6-13-9-8(11)5-12-7-14-9/h5,7H,2-4,6,11H2,1H3,(H,12,13,14). The second-order valence-corrected chi connectivity index (χ2v) is 3.92. The minimum Gasteiger partial charge on any atom is -0.394 e. The highest BCUT2D eigenvalue weighted by molar-refractivity contribution is 5.59. The predicted octanol–water partition coefficient (Wildman–Crippen LogP) is 1.04. The molecule has 5 nitrogen and oxygen atoms in total. The van der Waals surface area contributed by atoms with E-state index in [0.717, 1.165) is 19.4 Å². The van der Waals surface area contributed by atoms with E-state index in [1.165, 1.54) is 12.7 Å². The Morgan fingerprint density at radius 2 is 2.40 bits per heavy atom. The van der Waals surface area contributed by atoms with Crippen molar-refractivity contribution in [3.05, 3.63) is 12.5 Å². The monoisotopic (exact) mass is 208 g/mol. The topological polar surface area (TPSA) is 73.1 Å². The summed E-state index contributed by atoms with van der Waals surface area (Å²) in [5.74, 6) is 0.688. The average molecular weight is 208 g/mol. The molecule has 5 heteroatoms. The van der Waals surface area contributed by atoms with Gasteiger partial charge in [-0.25, -0.2) is 9.97 Å². The van der Waals surface area contributed by atoms with Crippen LogP contribution in [0.2, 0.25) is 0 Å². The summed E-state index contributed by atoms with van der Waals surface area (Å²) in [7, 11) is 1.75. The molecule has 82 valence electrons. The predicted molar refractivity (Wildman–Crippen MR) is 58.5 cm³/mol. The molecule has 1 fully saturated rings. The maximum Gasteiger partial charge on any atom is 0.152 e. The molecule has 1 aliphatic rings. The molecule has 0 atom stereocenters. The number of hydrogen-bond donors (Lipinski definition) is 2. The van der Waals surface area contributed by atoms with E-state index in [4.69, 9.17) is 10.5 Å². The van der Waals surface area contributed by atoms with Crippen molar-refractivity contribution in [2.45, 2.75) is 24.9 Å². The van der Waals surface area contributed by atoms with E-state index in [9.17, 15) is 0 Å². The lowest BCUT2D eigenvalue weighted by Crippen LogP contribution is -2.45. The number of hydrogen-bond acceptors (Lipinski definition) is 5. The molecule has 15 heavy (non-hydrogen) atoms. The van der Waals surface area contributed by atoms with E-state index < -0.39 is 0 Å². The largest absolute Gasteiger partial charge is 0.394 e. The van der Waals surface area contributed by atoms with Crippen molar-refractivity contribution in [3.8, 4) is 0 Å². The Morgan fingerprint density at radius 1 is 1.60 bits per heavy atom. The molecular weight excluding hydrogens is 192 g/mol. The molecule has 1 saturated carbocycles. The highest BCUT2D eigenvalue weighted by atomic mass is 16.5. The van der Waals surface area contributed by atoms with Gasteiger partial charge in [-0.15, -0.1) is 0 Å². The fourth-order valence-corrected chi connectivity index (χ4v) is 1.76. The molecule has 2 rings (SSSR count). The number of aromatic nitrogens is 2. The van der Waals surface area contributed by atoms with Crippen molar-refractivity contribution in [3.63, 3.8) is 0 Å². The molecule has 0 bridgehead atoms. The van der Waals surface area contributed by atoms with Crippen molar-refractivity contribution >= 4 is 11.5 Å². The Balaban J connectivity index is 1.95. The van der Waals surface area contributed by atoms with Gasteiger partial charge in [-0.3, -0.25) is 0 Å². The minimum absolute atomic E-state index is 0.0165. The van der Waals surface area contributed by atoms with E-state index in [-0.39, 0.29) is 5.60 Å². The maximum absolute atomic E-state index is 5.72. The lowest BCUT2D eigenvalue weighted by molar-refractivity contribution is -0.0601. The normalized spacial score (nSPS) is 18.2. The molecule has 0 spiro atoms. The first kappa shape index (κ1) is 10.2. The molecule has 1 aromatic heterocycles. The van der Waals surface area contributed by atoms with Crippen LogP contribution in [0.15, 0.2) is 12.5 Å². The molecule has 1 heterocycles. The number of rotatable bonds is 4. The molecular formula is C10H16N4O. The highest BCUT2D eigenvalue weighted by Crippen LogP contribution is 2.35. The van der Waals surface area contributed by atoms with Gasteiger partial charge < -0.3 is 15.8 Å². The van der Waals surface area contributed by atoms with Gasteiger partial charge in [0.15, 0.2) is 5.82 Å². The first-order valence-electron chi connectivity index (χ1n) is 5.10. The van der Waals surface area contributed by atoms with Crippen LogP contribution in [-0.2, 0) is 4.74 Å². The summed E-state index contributed by atoms with van der Waals surface area (Å²) >= 11 is 0. The molecule has 3 N–H and O–H groups in total. The third-order valence-electron chi connectivity index (χ3n) is 3.02. The molecule has 1 aromatic rings. The van der Waals surface area contributed by atoms with Gasteiger partial charge >= 0.3 is 0 Å². The molecule has 0 unspecified atom stereocenters. The van der Waals surface area contributed by atoms with Crippen molar-refractivity contribution < 1.29 is 4.74 Å². The summed E-state index contributed by atoms with van der Waals surface area (Å²) < 4.78 is 5.49. The number of methoxy groups -OCH3 is 1. The first-order chi connectivity index (χ1) is 7.26. The van der Waals surface area contributed by atoms with Gasteiger partial charge in [-0.1, -0.05) is 0 Å². The van der Waals surface area contributed by atoms with Gasteiger partial charge in [0.25, 0.3) is 0 Å². The Morgan fingerprint density at radius 3 is 2.93 bits per heavy atom. The molecule has 0 aromatic carbocycles. The lowest BCUT2D eigenvalue weighted by Gasteiger charge is -2.40. The van der Waals surface area contributed by atoms with Gasteiger partial charge in [0.1, 0.15) is 6.33 Å². The molecule has 0 aliphatic heterocycles. The summed E-state index contributed by atoms with van der Waals surface area (Å²) in [4.78, 5) is 7.91. The Kier molecular flexibility index (Phi) is 2.73. The van der Waals surface area contributed by atoms with E-state index in [1.54, 1.807) is 13.3 Å². The lowest BCUT2D eigenvalue weighted by atomic mass is 9.80. The van der Waals surface area contributed by atoms with Gasteiger partial charge in [-0.05, 0) is 19.3 Å². The van der Waals surface area contributed by atoms with E-state index in [1.807, 2.05) is 0 Å². The van der Waals surface area contributed by atoms with Crippen LogP contribution in [0.3, 0.4) is 0 Å². The summed E-state index contributed by atoms with van der Waals surface area (Å²) in [6, 6.07) is 0. The summed E-state index contributed by atoms with van der Waals surface area (Å²) in [6.07, 6.45) is 6.51. The van der Waals surface area contributed by atoms with Crippen LogP contribution in [0.1, 0.15) is 19.3 Å². The van der Waals surface area contributed by atoms with Crippen molar-refractivity contribution in [1.82, 2.24) is 9.97 Å². The molecule has 1 aliphatic carbocycles. The van der Waals surface area contributed by atoms with E-state index in [2.05, 4.69) is 15.3 Å². The third-order valence-corrected chi connectivity index (χ3v) is 3.02. The fourth-order valence-electron chi connectivity index (χ4n) is 1.76. The summed E-state index contributed by atoms with van der Waals surface area (Å²) in [5, 5.41) is 3.21. The van der Waals surface area contributed by atoms with Crippen molar-refractivity contribution in [2.75, 3.05) is 24.7 Å². The van der Waals surface area contributed by atoms with Gasteiger partial charge in [0.2, 0.25) is 0 Å². The third kappa shape index (κ3) is 2.02. The van der Waals surface area contributed by atoms with Crippen LogP contribution in [0.4, 0.5) is 11.5 Å². The number of nitrogen functional groups attached to an aromatic ring is 1. The van der Waals surface area contributed by atoms with Crippen LogP contribution >= 0.6 is 0 Å². The van der Waals surface area contributed by atoms with Gasteiger partial charge in [0.05, 0.1) is 17.5 Å². The minimum atomic E-state index is -0.0165. The molecule has 0 saturated heterocycles. The van der Waals surface area contributed by atoms with Crippen LogP contribution in [0.5, 0.6) is 0 Å². The van der Waals surface area contributed by atoms with Crippen LogP contribution < -0.4 is 11.1 Å². The molecule has 0 radical (unpaired) electrons. The average Bonchev–Trinajstić information content (AvgIpc) is 2.19. The zero-order valence-corrected chi connectivity index (χ0v) is 8.86. The SMILES string of the molecule is COC1(CNc2ncncc2N)CCC1. The Labute approximate surface area is 89.1 Å². The van der Waals surface area contributed by atoms with Crippen LogP contribution in [0, 0.1) is 0 Å². The number of nitrogens with zero attached hydrogens (tertiary/aromatic N) is 2. The second-order valence-electron chi connectivity index (χ2n) is 3.92. The number of anilines is 2. The number of nitrogens with two attached hydrogens (primary N) is 1.